The summed E-state index contributed by atoms with van der Waals surface area (Å²) >= 11 is 0. The lowest BCUT2D eigenvalue weighted by molar-refractivity contribution is 0.782. The molecule has 1 aromatic heterocycles. The molecule has 1 saturated carbocycles. The lowest BCUT2D eigenvalue weighted by Gasteiger charge is -2.08. The van der Waals surface area contributed by atoms with Crippen LogP contribution in [0.4, 0.5) is 5.95 Å². The maximum atomic E-state index is 5.83. The van der Waals surface area contributed by atoms with E-state index in [1.807, 2.05) is 17.7 Å². The Kier molecular flexibility index (Phi) is 2.39. The molecule has 3 nitrogen and oxygen atoms in total. The number of hydrogen-bond acceptors (Lipinski definition) is 2. The number of imidazole rings is 1. The Labute approximate surface area is 101 Å². The first kappa shape index (κ1) is 10.4. The zero-order valence-electron chi connectivity index (χ0n) is 10.1. The molecule has 3 rings (SSSR count). The number of rotatable bonds is 3. The number of nitrogens with two attached hydrogens (primary N) is 1. The smallest absolute Gasteiger partial charge is 0.200 e. The van der Waals surface area contributed by atoms with Gasteiger partial charge in [-0.05, 0) is 36.8 Å². The van der Waals surface area contributed by atoms with Crippen LogP contribution in [0, 0.1) is 6.92 Å². The third kappa shape index (κ3) is 2.05. The Balaban J connectivity index is 1.80. The minimum atomic E-state index is 0.591. The second-order valence-corrected chi connectivity index (χ2v) is 4.86. The Morgan fingerprint density at radius 2 is 2.00 bits per heavy atom. The Morgan fingerprint density at radius 3 is 2.53 bits per heavy atom. The maximum absolute atomic E-state index is 5.83. The molecule has 2 aromatic rings. The molecule has 17 heavy (non-hydrogen) atoms. The van der Waals surface area contributed by atoms with Gasteiger partial charge in [-0.3, -0.25) is 0 Å². The second-order valence-electron chi connectivity index (χ2n) is 4.86. The monoisotopic (exact) mass is 227 g/mol. The summed E-state index contributed by atoms with van der Waals surface area (Å²) in [6.07, 6.45) is 4.52. The molecule has 1 aromatic carbocycles. The highest BCUT2D eigenvalue weighted by atomic mass is 15.1. The average molecular weight is 227 g/mol. The van der Waals surface area contributed by atoms with Crippen LogP contribution in [0.25, 0.3) is 0 Å². The number of aromatic nitrogens is 2. The summed E-state index contributed by atoms with van der Waals surface area (Å²) in [5.74, 6) is 1.41. The lowest BCUT2D eigenvalue weighted by Crippen LogP contribution is -2.06. The fourth-order valence-electron chi connectivity index (χ4n) is 2.18. The largest absolute Gasteiger partial charge is 0.369 e. The first-order valence-corrected chi connectivity index (χ1v) is 6.10. The zero-order chi connectivity index (χ0) is 11.8. The highest BCUT2D eigenvalue weighted by Gasteiger charge is 2.22. The Hall–Kier alpha value is -1.77. The fourth-order valence-corrected chi connectivity index (χ4v) is 2.18. The van der Waals surface area contributed by atoms with Gasteiger partial charge in [-0.25, -0.2) is 4.98 Å². The van der Waals surface area contributed by atoms with Crippen LogP contribution < -0.4 is 5.73 Å². The third-order valence-corrected chi connectivity index (χ3v) is 3.46. The summed E-state index contributed by atoms with van der Waals surface area (Å²) in [7, 11) is 0. The summed E-state index contributed by atoms with van der Waals surface area (Å²) < 4.78 is 2.03. The van der Waals surface area contributed by atoms with Crippen LogP contribution in [0.2, 0.25) is 0 Å². The van der Waals surface area contributed by atoms with Crippen molar-refractivity contribution in [2.45, 2.75) is 32.2 Å². The van der Waals surface area contributed by atoms with E-state index in [0.29, 0.717) is 5.95 Å². The van der Waals surface area contributed by atoms with Gasteiger partial charge >= 0.3 is 0 Å². The van der Waals surface area contributed by atoms with Crippen molar-refractivity contribution in [3.8, 4) is 0 Å². The number of benzene rings is 1. The van der Waals surface area contributed by atoms with Crippen LogP contribution in [0.1, 0.15) is 35.6 Å². The van der Waals surface area contributed by atoms with Crippen molar-refractivity contribution < 1.29 is 0 Å². The van der Waals surface area contributed by atoms with Gasteiger partial charge in [-0.1, -0.05) is 24.3 Å². The summed E-state index contributed by atoms with van der Waals surface area (Å²) in [5.41, 5.74) is 9.69. The van der Waals surface area contributed by atoms with Crippen molar-refractivity contribution in [3.63, 3.8) is 0 Å². The van der Waals surface area contributed by atoms with E-state index >= 15 is 0 Å². The van der Waals surface area contributed by atoms with Gasteiger partial charge in [0.2, 0.25) is 5.95 Å². The number of nitrogens with zero attached hydrogens (tertiary/aromatic N) is 2. The molecule has 0 radical (unpaired) electrons. The molecule has 88 valence electrons. The number of hydrogen-bond donors (Lipinski definition) is 1. The predicted octanol–water partition coefficient (Wildman–Crippen LogP) is 2.70. The van der Waals surface area contributed by atoms with E-state index in [9.17, 15) is 0 Å². The normalized spacial score (nSPS) is 15.1. The minimum absolute atomic E-state index is 0.591. The van der Waals surface area contributed by atoms with Crippen molar-refractivity contribution in [2.24, 2.45) is 0 Å². The molecule has 1 aliphatic carbocycles. The third-order valence-electron chi connectivity index (χ3n) is 3.46. The van der Waals surface area contributed by atoms with Crippen LogP contribution in [-0.4, -0.2) is 9.55 Å². The molecule has 3 heteroatoms. The minimum Gasteiger partial charge on any atom is -0.369 e. The lowest BCUT2D eigenvalue weighted by atomic mass is 10.1. The van der Waals surface area contributed by atoms with E-state index in [1.165, 1.54) is 24.0 Å². The molecule has 2 N–H and O–H groups in total. The molecule has 0 aliphatic heterocycles. The summed E-state index contributed by atoms with van der Waals surface area (Å²) in [6.45, 7) is 2.84. The molecule has 0 atom stereocenters. The average Bonchev–Trinajstić information content (AvgIpc) is 3.13. The Morgan fingerprint density at radius 1 is 1.29 bits per heavy atom. The van der Waals surface area contributed by atoms with E-state index in [4.69, 9.17) is 5.73 Å². The van der Waals surface area contributed by atoms with Gasteiger partial charge in [0.25, 0.3) is 0 Å². The molecular weight excluding hydrogens is 210 g/mol. The van der Waals surface area contributed by atoms with Crippen molar-refractivity contribution in [1.29, 1.82) is 0 Å². The fraction of sp³-hybridized carbons (Fsp3) is 0.357. The highest BCUT2D eigenvalue weighted by Crippen LogP contribution is 2.39. The van der Waals surface area contributed by atoms with Gasteiger partial charge in [-0.2, -0.15) is 0 Å². The van der Waals surface area contributed by atoms with E-state index < -0.39 is 0 Å². The molecule has 0 bridgehead atoms. The first-order chi connectivity index (χ1) is 8.24. The van der Waals surface area contributed by atoms with Crippen LogP contribution >= 0.6 is 0 Å². The number of aryl methyl sites for hydroxylation is 1. The van der Waals surface area contributed by atoms with E-state index in [1.54, 1.807) is 0 Å². The molecule has 1 aliphatic rings. The molecular formula is C14H17N3. The van der Waals surface area contributed by atoms with Gasteiger partial charge in [-0.15, -0.1) is 0 Å². The molecule has 1 heterocycles. The molecule has 0 amide bonds. The van der Waals surface area contributed by atoms with Gasteiger partial charge < -0.3 is 10.3 Å². The van der Waals surface area contributed by atoms with Crippen molar-refractivity contribution >= 4 is 5.95 Å². The number of nitrogen functional groups attached to an aromatic ring is 1. The quantitative estimate of drug-likeness (QED) is 0.876. The standard InChI is InChI=1S/C14H17N3/c1-10-8-16-14(15)17(10)9-11-2-4-12(5-3-11)13-6-7-13/h2-5,8,13H,6-7,9H2,1H3,(H2,15,16). The first-order valence-electron chi connectivity index (χ1n) is 6.10. The SMILES string of the molecule is Cc1cnc(N)n1Cc1ccc(C2CC2)cc1. The topological polar surface area (TPSA) is 43.8 Å². The van der Waals surface area contributed by atoms with Gasteiger partial charge in [0.15, 0.2) is 0 Å². The van der Waals surface area contributed by atoms with Crippen molar-refractivity contribution in [2.75, 3.05) is 5.73 Å². The van der Waals surface area contributed by atoms with Crippen LogP contribution in [-0.2, 0) is 6.54 Å². The maximum Gasteiger partial charge on any atom is 0.200 e. The van der Waals surface area contributed by atoms with Crippen molar-refractivity contribution in [3.05, 3.63) is 47.3 Å². The van der Waals surface area contributed by atoms with Crippen LogP contribution in [0.5, 0.6) is 0 Å². The molecule has 0 unspecified atom stereocenters. The predicted molar refractivity (Wildman–Crippen MR) is 68.9 cm³/mol. The summed E-state index contributed by atoms with van der Waals surface area (Å²) in [4.78, 5) is 4.11. The summed E-state index contributed by atoms with van der Waals surface area (Å²) in [6, 6.07) is 8.89. The van der Waals surface area contributed by atoms with Crippen LogP contribution in [0.3, 0.4) is 0 Å². The van der Waals surface area contributed by atoms with Crippen LogP contribution in [0.15, 0.2) is 30.5 Å². The molecule has 0 saturated heterocycles. The summed E-state index contributed by atoms with van der Waals surface area (Å²) in [5, 5.41) is 0. The van der Waals surface area contributed by atoms with E-state index in [0.717, 1.165) is 18.2 Å². The van der Waals surface area contributed by atoms with Gasteiger partial charge in [0.1, 0.15) is 0 Å². The van der Waals surface area contributed by atoms with Gasteiger partial charge in [0, 0.05) is 5.69 Å². The Bertz CT molecular complexity index is 501. The zero-order valence-corrected chi connectivity index (χ0v) is 10.1. The number of anilines is 1. The second kappa shape index (κ2) is 3.91. The molecule has 1 fully saturated rings. The van der Waals surface area contributed by atoms with E-state index in [-0.39, 0.29) is 0 Å². The molecule has 0 spiro atoms. The van der Waals surface area contributed by atoms with E-state index in [2.05, 4.69) is 29.2 Å². The van der Waals surface area contributed by atoms with Crippen molar-refractivity contribution in [1.82, 2.24) is 9.55 Å². The van der Waals surface area contributed by atoms with Gasteiger partial charge in [0.05, 0.1) is 12.7 Å². The highest BCUT2D eigenvalue weighted by molar-refractivity contribution is 5.30.